The summed E-state index contributed by atoms with van der Waals surface area (Å²) in [4.78, 5) is 12.2. The molecule has 1 fully saturated rings. The Kier molecular flexibility index (Phi) is 5.18. The number of rotatable bonds is 4. The average molecular weight is 391 g/mol. The minimum Gasteiger partial charge on any atom is -0.462 e. The summed E-state index contributed by atoms with van der Waals surface area (Å²) in [7, 11) is -1.77. The Balaban J connectivity index is 2.15. The normalized spacial score (nSPS) is 16.9. The van der Waals surface area contributed by atoms with E-state index in [2.05, 4.69) is 0 Å². The van der Waals surface area contributed by atoms with Crippen molar-refractivity contribution >= 4 is 9.84 Å². The van der Waals surface area contributed by atoms with Crippen LogP contribution in [-0.2, 0) is 16.9 Å². The standard InChI is InChI=1S/C20H25NO5S/c1-14-11-15(13-21(2)19(14)22)17-12-16(27(3,24)25)7-8-18(17)26-20(23)9-5-4-6-10-20/h7-8,11-13,23H,4-6,9-10H2,1-3H3. The summed E-state index contributed by atoms with van der Waals surface area (Å²) >= 11 is 0. The van der Waals surface area contributed by atoms with E-state index >= 15 is 0 Å². The Bertz CT molecular complexity index is 991. The number of sulfone groups is 1. The average Bonchev–Trinajstić information content (AvgIpc) is 2.59. The van der Waals surface area contributed by atoms with E-state index in [1.54, 1.807) is 32.3 Å². The zero-order valence-corrected chi connectivity index (χ0v) is 16.7. The van der Waals surface area contributed by atoms with Gasteiger partial charge in [0.05, 0.1) is 4.90 Å². The van der Waals surface area contributed by atoms with Gasteiger partial charge in [-0.2, -0.15) is 0 Å². The molecule has 0 radical (unpaired) electrons. The van der Waals surface area contributed by atoms with Crippen molar-refractivity contribution in [3.8, 4) is 16.9 Å². The molecule has 0 saturated heterocycles. The third kappa shape index (κ3) is 4.25. The second-order valence-corrected chi connectivity index (χ2v) is 9.38. The SMILES string of the molecule is Cc1cc(-c2cc(S(C)(=O)=O)ccc2OC2(O)CCCCC2)cn(C)c1=O. The molecule has 146 valence electrons. The van der Waals surface area contributed by atoms with Crippen LogP contribution >= 0.6 is 0 Å². The van der Waals surface area contributed by atoms with E-state index in [0.717, 1.165) is 25.5 Å². The second kappa shape index (κ2) is 7.13. The molecule has 0 atom stereocenters. The molecule has 1 aromatic carbocycles. The Morgan fingerprint density at radius 2 is 1.81 bits per heavy atom. The van der Waals surface area contributed by atoms with Gasteiger partial charge in [-0.1, -0.05) is 6.42 Å². The van der Waals surface area contributed by atoms with Crippen molar-refractivity contribution in [2.75, 3.05) is 6.26 Å². The largest absolute Gasteiger partial charge is 0.462 e. The maximum absolute atomic E-state index is 12.0. The smallest absolute Gasteiger partial charge is 0.253 e. The number of pyridine rings is 1. The van der Waals surface area contributed by atoms with Gasteiger partial charge in [-0.15, -0.1) is 0 Å². The molecule has 1 aliphatic carbocycles. The number of aryl methyl sites for hydroxylation is 2. The fourth-order valence-electron chi connectivity index (χ4n) is 3.49. The first kappa shape index (κ1) is 19.6. The van der Waals surface area contributed by atoms with Crippen molar-refractivity contribution < 1.29 is 18.3 Å². The molecule has 6 nitrogen and oxygen atoms in total. The Morgan fingerprint density at radius 1 is 1.15 bits per heavy atom. The molecule has 1 N–H and O–H groups in total. The number of ether oxygens (including phenoxy) is 1. The molecular formula is C20H25NO5S. The summed E-state index contributed by atoms with van der Waals surface area (Å²) in [5.74, 6) is -0.847. The van der Waals surface area contributed by atoms with E-state index in [0.29, 0.717) is 35.3 Å². The number of nitrogens with zero attached hydrogens (tertiary/aromatic N) is 1. The molecule has 2 aromatic rings. The fraction of sp³-hybridized carbons (Fsp3) is 0.450. The van der Waals surface area contributed by atoms with E-state index in [1.165, 1.54) is 16.7 Å². The molecular weight excluding hydrogens is 366 g/mol. The lowest BCUT2D eigenvalue weighted by molar-refractivity contribution is -0.158. The summed E-state index contributed by atoms with van der Waals surface area (Å²) in [5.41, 5.74) is 1.62. The minimum absolute atomic E-state index is 0.119. The van der Waals surface area contributed by atoms with Crippen molar-refractivity contribution in [1.29, 1.82) is 0 Å². The lowest BCUT2D eigenvalue weighted by atomic mass is 9.94. The van der Waals surface area contributed by atoms with E-state index in [4.69, 9.17) is 4.74 Å². The highest BCUT2D eigenvalue weighted by Crippen LogP contribution is 2.37. The Morgan fingerprint density at radius 3 is 2.41 bits per heavy atom. The number of hydrogen-bond donors (Lipinski definition) is 1. The van der Waals surface area contributed by atoms with Crippen molar-refractivity contribution in [3.05, 3.63) is 46.4 Å². The van der Waals surface area contributed by atoms with E-state index in [-0.39, 0.29) is 10.5 Å². The van der Waals surface area contributed by atoms with E-state index in [1.807, 2.05) is 0 Å². The maximum Gasteiger partial charge on any atom is 0.253 e. The molecule has 27 heavy (non-hydrogen) atoms. The van der Waals surface area contributed by atoms with E-state index < -0.39 is 15.6 Å². The molecule has 1 aliphatic rings. The van der Waals surface area contributed by atoms with Crippen LogP contribution in [0.4, 0.5) is 0 Å². The summed E-state index contributed by atoms with van der Waals surface area (Å²) in [6.07, 6.45) is 6.69. The molecule has 7 heteroatoms. The minimum atomic E-state index is -3.41. The van der Waals surface area contributed by atoms with Crippen LogP contribution in [0.25, 0.3) is 11.1 Å². The fourth-order valence-corrected chi connectivity index (χ4v) is 4.14. The van der Waals surface area contributed by atoms with Crippen LogP contribution < -0.4 is 10.3 Å². The highest BCUT2D eigenvalue weighted by molar-refractivity contribution is 7.90. The Labute approximate surface area is 159 Å². The molecule has 0 unspecified atom stereocenters. The third-order valence-corrected chi connectivity index (χ3v) is 6.10. The van der Waals surface area contributed by atoms with Gasteiger partial charge >= 0.3 is 0 Å². The van der Waals surface area contributed by atoms with Crippen molar-refractivity contribution in [3.63, 3.8) is 0 Å². The van der Waals surface area contributed by atoms with E-state index in [9.17, 15) is 18.3 Å². The second-order valence-electron chi connectivity index (χ2n) is 7.37. The molecule has 0 bridgehead atoms. The zero-order valence-electron chi connectivity index (χ0n) is 15.9. The van der Waals surface area contributed by atoms with Gasteiger partial charge in [0.2, 0.25) is 5.79 Å². The Hall–Kier alpha value is -2.12. The number of hydrogen-bond acceptors (Lipinski definition) is 5. The van der Waals surface area contributed by atoms with Gasteiger partial charge in [-0.05, 0) is 44.0 Å². The van der Waals surface area contributed by atoms with Crippen LogP contribution in [0.3, 0.4) is 0 Å². The number of aromatic nitrogens is 1. The highest BCUT2D eigenvalue weighted by atomic mass is 32.2. The van der Waals surface area contributed by atoms with Crippen LogP contribution in [0, 0.1) is 6.92 Å². The quantitative estimate of drug-likeness (QED) is 0.810. The van der Waals surface area contributed by atoms with Crippen molar-refractivity contribution in [1.82, 2.24) is 4.57 Å². The van der Waals surface area contributed by atoms with Crippen molar-refractivity contribution in [2.24, 2.45) is 7.05 Å². The third-order valence-electron chi connectivity index (χ3n) is 4.99. The molecule has 0 spiro atoms. The first-order valence-electron chi connectivity index (χ1n) is 9.02. The van der Waals surface area contributed by atoms with Gasteiger partial charge in [-0.3, -0.25) is 4.79 Å². The lowest BCUT2D eigenvalue weighted by Crippen LogP contribution is -2.38. The molecule has 0 amide bonds. The van der Waals surface area contributed by atoms with Gasteiger partial charge in [-0.25, -0.2) is 8.42 Å². The van der Waals surface area contributed by atoms with Gasteiger partial charge in [0.1, 0.15) is 5.75 Å². The van der Waals surface area contributed by atoms with Gasteiger partial charge in [0.15, 0.2) is 9.84 Å². The topological polar surface area (TPSA) is 85.6 Å². The van der Waals surface area contributed by atoms with Crippen LogP contribution in [0.2, 0.25) is 0 Å². The highest BCUT2D eigenvalue weighted by Gasteiger charge is 2.32. The molecule has 1 aromatic heterocycles. The predicted octanol–water partition coefficient (Wildman–Crippen LogP) is 2.80. The van der Waals surface area contributed by atoms with Gasteiger partial charge in [0.25, 0.3) is 5.56 Å². The van der Waals surface area contributed by atoms with Crippen LogP contribution in [0.5, 0.6) is 5.75 Å². The van der Waals surface area contributed by atoms with Crippen LogP contribution in [0.15, 0.2) is 40.2 Å². The lowest BCUT2D eigenvalue weighted by Gasteiger charge is -2.33. The monoisotopic (exact) mass is 391 g/mol. The van der Waals surface area contributed by atoms with Crippen molar-refractivity contribution in [2.45, 2.75) is 49.7 Å². The summed E-state index contributed by atoms with van der Waals surface area (Å²) in [6, 6.07) is 6.31. The van der Waals surface area contributed by atoms with Crippen LogP contribution in [0.1, 0.15) is 37.7 Å². The predicted molar refractivity (Wildman–Crippen MR) is 104 cm³/mol. The molecule has 1 saturated carbocycles. The summed E-state index contributed by atoms with van der Waals surface area (Å²) < 4.78 is 31.5. The first-order chi connectivity index (χ1) is 12.6. The zero-order chi connectivity index (χ0) is 19.8. The first-order valence-corrected chi connectivity index (χ1v) is 10.9. The summed E-state index contributed by atoms with van der Waals surface area (Å²) in [6.45, 7) is 1.71. The summed E-state index contributed by atoms with van der Waals surface area (Å²) in [5, 5.41) is 10.8. The van der Waals surface area contributed by atoms with Crippen LogP contribution in [-0.4, -0.2) is 30.1 Å². The molecule has 0 aliphatic heterocycles. The number of aliphatic hydroxyl groups is 1. The van der Waals surface area contributed by atoms with Gasteiger partial charge in [0, 0.05) is 49.0 Å². The van der Waals surface area contributed by atoms with Gasteiger partial charge < -0.3 is 14.4 Å². The number of benzene rings is 1. The maximum atomic E-state index is 12.0. The molecule has 1 heterocycles. The molecule has 3 rings (SSSR count).